The highest BCUT2D eigenvalue weighted by Gasteiger charge is 2.20. The predicted molar refractivity (Wildman–Crippen MR) is 52.3 cm³/mol. The van der Waals surface area contributed by atoms with Gasteiger partial charge in [-0.15, -0.1) is 0 Å². The summed E-state index contributed by atoms with van der Waals surface area (Å²) in [4.78, 5) is 11.4. The van der Waals surface area contributed by atoms with Gasteiger partial charge in [-0.2, -0.15) is 0 Å². The van der Waals surface area contributed by atoms with Crippen LogP contribution in [0.2, 0.25) is 0 Å². The molecule has 0 heterocycles. The third kappa shape index (κ3) is 1.33. The zero-order valence-electron chi connectivity index (χ0n) is 6.68. The Hall–Kier alpha value is -0.960. The number of carbonyl (C=O) groups is 1. The minimum atomic E-state index is -0.353. The first-order chi connectivity index (χ1) is 6.20. The van der Waals surface area contributed by atoms with Crippen molar-refractivity contribution >= 4 is 26.2 Å². The average molecular weight is 241 g/mol. The van der Waals surface area contributed by atoms with Crippen molar-refractivity contribution < 1.29 is 9.18 Å². The first-order valence-electron chi connectivity index (χ1n) is 3.88. The molecule has 0 saturated carbocycles. The maximum atomic E-state index is 13.3. The van der Waals surface area contributed by atoms with Crippen LogP contribution in [-0.4, -0.2) is 5.78 Å². The normalized spacial score (nSPS) is 15.2. The number of fused-ring (bicyclic) bond motifs is 1. The lowest BCUT2D eigenvalue weighted by Gasteiger charge is -2.12. The number of Topliss-reactive ketones (excluding diaryl/α,β-unsaturated/α-hetero) is 1. The molecule has 2 rings (SSSR count). The standard InChI is InChI=1S/C10H6BrFO/c11-7-4-5-9(13)6-2-1-3-8(12)10(6)7/h1-4H,5H2. The molecule has 0 aromatic heterocycles. The number of rotatable bonds is 0. The molecule has 0 saturated heterocycles. The van der Waals surface area contributed by atoms with Crippen molar-refractivity contribution in [3.63, 3.8) is 0 Å². The van der Waals surface area contributed by atoms with Crippen LogP contribution in [0.5, 0.6) is 0 Å². The molecule has 0 unspecified atom stereocenters. The zero-order valence-corrected chi connectivity index (χ0v) is 8.27. The number of halogens is 2. The number of ketones is 1. The molecule has 0 bridgehead atoms. The van der Waals surface area contributed by atoms with Crippen LogP contribution >= 0.6 is 15.9 Å². The fourth-order valence-electron chi connectivity index (χ4n) is 1.39. The molecular formula is C10H6BrFO. The van der Waals surface area contributed by atoms with Crippen LogP contribution < -0.4 is 0 Å². The average Bonchev–Trinajstić information content (AvgIpc) is 2.12. The minimum absolute atomic E-state index is 0.0299. The molecule has 1 aromatic rings. The van der Waals surface area contributed by atoms with Gasteiger partial charge in [-0.05, 0) is 6.07 Å². The number of hydrogen-bond donors (Lipinski definition) is 0. The van der Waals surface area contributed by atoms with Gasteiger partial charge in [-0.1, -0.05) is 34.1 Å². The van der Waals surface area contributed by atoms with E-state index >= 15 is 0 Å². The SMILES string of the molecule is O=C1CC=C(Br)c2c(F)cccc21. The van der Waals surface area contributed by atoms with Crippen molar-refractivity contribution in [1.82, 2.24) is 0 Å². The number of allylic oxidation sites excluding steroid dienone is 1. The van der Waals surface area contributed by atoms with Crippen molar-refractivity contribution in [2.75, 3.05) is 0 Å². The highest BCUT2D eigenvalue weighted by molar-refractivity contribution is 9.15. The molecule has 0 aliphatic heterocycles. The number of benzene rings is 1. The van der Waals surface area contributed by atoms with E-state index in [9.17, 15) is 9.18 Å². The topological polar surface area (TPSA) is 17.1 Å². The number of hydrogen-bond acceptors (Lipinski definition) is 1. The molecule has 0 amide bonds. The molecule has 1 aromatic carbocycles. The molecule has 1 aliphatic carbocycles. The lowest BCUT2D eigenvalue weighted by atomic mass is 9.96. The van der Waals surface area contributed by atoms with Crippen molar-refractivity contribution in [3.8, 4) is 0 Å². The van der Waals surface area contributed by atoms with E-state index < -0.39 is 0 Å². The van der Waals surface area contributed by atoms with Crippen molar-refractivity contribution in [1.29, 1.82) is 0 Å². The highest BCUT2D eigenvalue weighted by atomic mass is 79.9. The van der Waals surface area contributed by atoms with E-state index in [1.54, 1.807) is 18.2 Å². The van der Waals surface area contributed by atoms with Crippen molar-refractivity contribution in [2.24, 2.45) is 0 Å². The Morgan fingerprint density at radius 3 is 2.85 bits per heavy atom. The molecule has 3 heteroatoms. The second-order valence-corrected chi connectivity index (χ2v) is 3.70. The monoisotopic (exact) mass is 240 g/mol. The molecule has 0 N–H and O–H groups in total. The third-order valence-electron chi connectivity index (χ3n) is 2.02. The second kappa shape index (κ2) is 3.07. The van der Waals surface area contributed by atoms with Crippen LogP contribution in [0.1, 0.15) is 22.3 Å². The van der Waals surface area contributed by atoms with Crippen LogP contribution in [0.4, 0.5) is 4.39 Å². The summed E-state index contributed by atoms with van der Waals surface area (Å²) in [6.45, 7) is 0. The molecule has 1 nitrogen and oxygen atoms in total. The maximum Gasteiger partial charge on any atom is 0.167 e. The minimum Gasteiger partial charge on any atom is -0.294 e. The Labute approximate surface area is 83.4 Å². The first-order valence-corrected chi connectivity index (χ1v) is 4.67. The summed E-state index contributed by atoms with van der Waals surface area (Å²) >= 11 is 3.23. The highest BCUT2D eigenvalue weighted by Crippen LogP contribution is 2.32. The molecule has 0 radical (unpaired) electrons. The van der Waals surface area contributed by atoms with Crippen LogP contribution in [-0.2, 0) is 0 Å². The van der Waals surface area contributed by atoms with Gasteiger partial charge in [-0.3, -0.25) is 4.79 Å². The van der Waals surface area contributed by atoms with Crippen molar-refractivity contribution in [3.05, 3.63) is 41.2 Å². The Morgan fingerprint density at radius 2 is 2.15 bits per heavy atom. The van der Waals surface area contributed by atoms with Crippen LogP contribution in [0.15, 0.2) is 24.3 Å². The van der Waals surface area contributed by atoms with Gasteiger partial charge in [0.05, 0.1) is 0 Å². The van der Waals surface area contributed by atoms with Crippen LogP contribution in [0.25, 0.3) is 4.48 Å². The van der Waals surface area contributed by atoms with Gasteiger partial charge >= 0.3 is 0 Å². The van der Waals surface area contributed by atoms with E-state index in [4.69, 9.17) is 0 Å². The molecule has 13 heavy (non-hydrogen) atoms. The summed E-state index contributed by atoms with van der Waals surface area (Å²) in [7, 11) is 0. The quantitative estimate of drug-likeness (QED) is 0.681. The van der Waals surface area contributed by atoms with Gasteiger partial charge in [0.2, 0.25) is 0 Å². The lowest BCUT2D eigenvalue weighted by molar-refractivity contribution is 0.0994. The predicted octanol–water partition coefficient (Wildman–Crippen LogP) is 3.15. The van der Waals surface area contributed by atoms with E-state index in [0.29, 0.717) is 22.0 Å². The lowest BCUT2D eigenvalue weighted by Crippen LogP contribution is -2.07. The molecular weight excluding hydrogens is 235 g/mol. The van der Waals surface area contributed by atoms with Crippen molar-refractivity contribution in [2.45, 2.75) is 6.42 Å². The summed E-state index contributed by atoms with van der Waals surface area (Å²) in [5.41, 5.74) is 0.855. The largest absolute Gasteiger partial charge is 0.294 e. The maximum absolute atomic E-state index is 13.3. The van der Waals surface area contributed by atoms with E-state index in [2.05, 4.69) is 15.9 Å². The molecule has 66 valence electrons. The molecule has 0 spiro atoms. The molecule has 0 atom stereocenters. The summed E-state index contributed by atoms with van der Waals surface area (Å²) in [5.74, 6) is -0.383. The Kier molecular flexibility index (Phi) is 2.04. The molecule has 1 aliphatic rings. The Bertz CT molecular complexity index is 409. The van der Waals surface area contributed by atoms with E-state index in [-0.39, 0.29) is 11.6 Å². The van der Waals surface area contributed by atoms with Gasteiger partial charge in [0.1, 0.15) is 5.82 Å². The Morgan fingerprint density at radius 1 is 1.38 bits per heavy atom. The van der Waals surface area contributed by atoms with Gasteiger partial charge < -0.3 is 0 Å². The number of carbonyl (C=O) groups excluding carboxylic acids is 1. The third-order valence-corrected chi connectivity index (χ3v) is 2.74. The van der Waals surface area contributed by atoms with Crippen LogP contribution in [0, 0.1) is 5.82 Å². The summed E-state index contributed by atoms with van der Waals surface area (Å²) in [5, 5.41) is 0. The van der Waals surface area contributed by atoms with Gasteiger partial charge in [0.25, 0.3) is 0 Å². The van der Waals surface area contributed by atoms with Crippen LogP contribution in [0.3, 0.4) is 0 Å². The molecule has 0 fully saturated rings. The van der Waals surface area contributed by atoms with E-state index in [1.165, 1.54) is 6.07 Å². The zero-order chi connectivity index (χ0) is 9.42. The van der Waals surface area contributed by atoms with Gasteiger partial charge in [-0.25, -0.2) is 4.39 Å². The summed E-state index contributed by atoms with van der Waals surface area (Å²) < 4.78 is 13.9. The fraction of sp³-hybridized carbons (Fsp3) is 0.100. The summed E-state index contributed by atoms with van der Waals surface area (Å²) in [6.07, 6.45) is 2.03. The van der Waals surface area contributed by atoms with Gasteiger partial charge in [0, 0.05) is 22.0 Å². The van der Waals surface area contributed by atoms with Gasteiger partial charge in [0.15, 0.2) is 5.78 Å². The summed E-state index contributed by atoms with van der Waals surface area (Å²) in [6, 6.07) is 4.55. The smallest absolute Gasteiger partial charge is 0.167 e. The second-order valence-electron chi connectivity index (χ2n) is 2.84. The first kappa shape index (κ1) is 8.63. The Balaban J connectivity index is 2.73. The van der Waals surface area contributed by atoms with E-state index in [1.807, 2.05) is 0 Å². The van der Waals surface area contributed by atoms with E-state index in [0.717, 1.165) is 0 Å². The fourth-order valence-corrected chi connectivity index (χ4v) is 1.96.